The van der Waals surface area contributed by atoms with Crippen LogP contribution in [0.2, 0.25) is 0 Å². The number of amides is 1. The first kappa shape index (κ1) is 13.1. The van der Waals surface area contributed by atoms with Gasteiger partial charge in [0.25, 0.3) is 5.91 Å². The third kappa shape index (κ3) is 2.72. The van der Waals surface area contributed by atoms with Gasteiger partial charge in [-0.05, 0) is 46.2 Å². The number of aryl methyl sites for hydroxylation is 1. The van der Waals surface area contributed by atoms with E-state index in [9.17, 15) is 4.79 Å². The smallest absolute Gasteiger partial charge is 0.291 e. The minimum Gasteiger partial charge on any atom is -0.438 e. The average molecular weight is 251 g/mol. The van der Waals surface area contributed by atoms with E-state index in [1.54, 1.807) is 0 Å². The summed E-state index contributed by atoms with van der Waals surface area (Å²) in [5, 5.41) is 3.15. The summed E-state index contributed by atoms with van der Waals surface area (Å²) in [4.78, 5) is 18.4. The molecule has 1 aromatic rings. The fraction of sp³-hybridized carbons (Fsp3) is 0.692. The first-order chi connectivity index (χ1) is 8.74. The van der Waals surface area contributed by atoms with Crippen molar-refractivity contribution in [2.75, 3.05) is 20.1 Å². The Labute approximate surface area is 108 Å². The van der Waals surface area contributed by atoms with Crippen LogP contribution in [0.1, 0.15) is 41.9 Å². The first-order valence-electron chi connectivity index (χ1n) is 6.59. The van der Waals surface area contributed by atoms with Gasteiger partial charge in [-0.25, -0.2) is 4.98 Å². The Hall–Kier alpha value is -1.36. The van der Waals surface area contributed by atoms with Crippen LogP contribution in [0.25, 0.3) is 0 Å². The van der Waals surface area contributed by atoms with E-state index in [-0.39, 0.29) is 5.91 Å². The number of nitrogens with one attached hydrogen (secondary N) is 1. The molecule has 100 valence electrons. The van der Waals surface area contributed by atoms with Gasteiger partial charge < -0.3 is 14.6 Å². The molecule has 0 radical (unpaired) electrons. The van der Waals surface area contributed by atoms with Crippen LogP contribution in [0.5, 0.6) is 0 Å². The van der Waals surface area contributed by atoms with Crippen LogP contribution in [-0.2, 0) is 0 Å². The number of aromatic nitrogens is 1. The van der Waals surface area contributed by atoms with Gasteiger partial charge in [0, 0.05) is 12.6 Å². The molecule has 1 aliphatic rings. The molecule has 1 fully saturated rings. The standard InChI is InChI=1S/C13H21N3O2/c1-10-12(18-9-15-10)13(17)16-8-4-3-5-11(16)6-7-14-2/h9,11,14H,3-8H2,1-2H3. The van der Waals surface area contributed by atoms with Gasteiger partial charge in [0.2, 0.25) is 5.76 Å². The Morgan fingerprint density at radius 1 is 1.61 bits per heavy atom. The molecule has 1 saturated heterocycles. The number of carbonyl (C=O) groups excluding carboxylic acids is 1. The highest BCUT2D eigenvalue weighted by molar-refractivity contribution is 5.92. The molecule has 1 aliphatic heterocycles. The van der Waals surface area contributed by atoms with Gasteiger partial charge in [-0.15, -0.1) is 0 Å². The highest BCUT2D eigenvalue weighted by atomic mass is 16.3. The maximum atomic E-state index is 12.4. The van der Waals surface area contributed by atoms with Crippen LogP contribution in [0.4, 0.5) is 0 Å². The Morgan fingerprint density at radius 3 is 3.11 bits per heavy atom. The fourth-order valence-electron chi connectivity index (χ4n) is 2.52. The van der Waals surface area contributed by atoms with E-state index in [1.165, 1.54) is 12.8 Å². The Kier molecular flexibility index (Phi) is 4.36. The maximum absolute atomic E-state index is 12.4. The molecule has 1 amide bonds. The summed E-state index contributed by atoms with van der Waals surface area (Å²) < 4.78 is 5.21. The molecule has 18 heavy (non-hydrogen) atoms. The normalized spacial score (nSPS) is 20.1. The minimum absolute atomic E-state index is 0.00852. The van der Waals surface area contributed by atoms with E-state index >= 15 is 0 Å². The number of piperidine rings is 1. The number of oxazole rings is 1. The van der Waals surface area contributed by atoms with Crippen molar-refractivity contribution in [3.8, 4) is 0 Å². The molecule has 0 aliphatic carbocycles. The topological polar surface area (TPSA) is 58.4 Å². The van der Waals surface area contributed by atoms with Gasteiger partial charge in [-0.3, -0.25) is 4.79 Å². The molecule has 0 bridgehead atoms. The van der Waals surface area contributed by atoms with Crippen molar-refractivity contribution in [1.82, 2.24) is 15.2 Å². The van der Waals surface area contributed by atoms with Crippen LogP contribution in [-0.4, -0.2) is 42.0 Å². The van der Waals surface area contributed by atoms with E-state index in [1.807, 2.05) is 18.9 Å². The van der Waals surface area contributed by atoms with Gasteiger partial charge in [0.05, 0.1) is 5.69 Å². The number of rotatable bonds is 4. The summed E-state index contributed by atoms with van der Waals surface area (Å²) in [5.41, 5.74) is 0.679. The monoisotopic (exact) mass is 251 g/mol. The third-order valence-corrected chi connectivity index (χ3v) is 3.56. The number of nitrogens with zero attached hydrogens (tertiary/aromatic N) is 2. The summed E-state index contributed by atoms with van der Waals surface area (Å²) in [6.45, 7) is 3.57. The second-order valence-corrected chi connectivity index (χ2v) is 4.81. The van der Waals surface area contributed by atoms with Crippen molar-refractivity contribution in [2.24, 2.45) is 0 Å². The molecule has 1 N–H and O–H groups in total. The van der Waals surface area contributed by atoms with Gasteiger partial charge >= 0.3 is 0 Å². The molecule has 2 heterocycles. The van der Waals surface area contributed by atoms with Crippen molar-refractivity contribution in [2.45, 2.75) is 38.6 Å². The van der Waals surface area contributed by atoms with E-state index < -0.39 is 0 Å². The Bertz CT molecular complexity index is 403. The van der Waals surface area contributed by atoms with Crippen LogP contribution < -0.4 is 5.32 Å². The van der Waals surface area contributed by atoms with Gasteiger partial charge in [-0.2, -0.15) is 0 Å². The van der Waals surface area contributed by atoms with Crippen LogP contribution in [0, 0.1) is 6.92 Å². The largest absolute Gasteiger partial charge is 0.438 e. The minimum atomic E-state index is -0.00852. The van der Waals surface area contributed by atoms with Gasteiger partial charge in [-0.1, -0.05) is 0 Å². The van der Waals surface area contributed by atoms with Crippen molar-refractivity contribution < 1.29 is 9.21 Å². The highest BCUT2D eigenvalue weighted by Crippen LogP contribution is 2.22. The van der Waals surface area contributed by atoms with E-state index in [0.29, 0.717) is 17.5 Å². The molecule has 0 saturated carbocycles. The SMILES string of the molecule is CNCCC1CCCCN1C(=O)c1ocnc1C. The zero-order valence-electron chi connectivity index (χ0n) is 11.1. The maximum Gasteiger partial charge on any atom is 0.291 e. The summed E-state index contributed by atoms with van der Waals surface area (Å²) in [6.07, 6.45) is 5.70. The molecule has 1 unspecified atom stereocenters. The number of likely N-dealkylation sites (tertiary alicyclic amines) is 1. The van der Waals surface area contributed by atoms with Crippen molar-refractivity contribution in [3.05, 3.63) is 17.8 Å². The number of hydrogen-bond donors (Lipinski definition) is 1. The Morgan fingerprint density at radius 2 is 2.44 bits per heavy atom. The second kappa shape index (κ2) is 6.00. The first-order valence-corrected chi connectivity index (χ1v) is 6.59. The predicted molar refractivity (Wildman–Crippen MR) is 68.5 cm³/mol. The molecule has 5 heteroatoms. The predicted octanol–water partition coefficient (Wildman–Crippen LogP) is 1.59. The molecule has 5 nitrogen and oxygen atoms in total. The Balaban J connectivity index is 2.08. The lowest BCUT2D eigenvalue weighted by molar-refractivity contribution is 0.0569. The zero-order valence-corrected chi connectivity index (χ0v) is 11.1. The zero-order chi connectivity index (χ0) is 13.0. The quantitative estimate of drug-likeness (QED) is 0.882. The van der Waals surface area contributed by atoms with Gasteiger partial charge in [0.15, 0.2) is 6.39 Å². The lowest BCUT2D eigenvalue weighted by atomic mass is 9.99. The lowest BCUT2D eigenvalue weighted by Crippen LogP contribution is -2.44. The van der Waals surface area contributed by atoms with Crippen molar-refractivity contribution >= 4 is 5.91 Å². The third-order valence-electron chi connectivity index (χ3n) is 3.56. The molecule has 1 aromatic heterocycles. The van der Waals surface area contributed by atoms with E-state index in [4.69, 9.17) is 4.42 Å². The van der Waals surface area contributed by atoms with Crippen molar-refractivity contribution in [1.29, 1.82) is 0 Å². The lowest BCUT2D eigenvalue weighted by Gasteiger charge is -2.35. The van der Waals surface area contributed by atoms with Gasteiger partial charge in [0.1, 0.15) is 0 Å². The fourth-order valence-corrected chi connectivity index (χ4v) is 2.52. The number of carbonyl (C=O) groups is 1. The molecule has 0 spiro atoms. The van der Waals surface area contributed by atoms with E-state index in [0.717, 1.165) is 32.4 Å². The van der Waals surface area contributed by atoms with Crippen LogP contribution >= 0.6 is 0 Å². The summed E-state index contributed by atoms with van der Waals surface area (Å²) in [5.74, 6) is 0.386. The van der Waals surface area contributed by atoms with Crippen LogP contribution in [0.15, 0.2) is 10.8 Å². The molecule has 0 aromatic carbocycles. The highest BCUT2D eigenvalue weighted by Gasteiger charge is 2.29. The average Bonchev–Trinajstić information content (AvgIpc) is 2.82. The van der Waals surface area contributed by atoms with Crippen molar-refractivity contribution in [3.63, 3.8) is 0 Å². The molecular formula is C13H21N3O2. The number of hydrogen-bond acceptors (Lipinski definition) is 4. The summed E-state index contributed by atoms with van der Waals surface area (Å²) in [7, 11) is 1.94. The summed E-state index contributed by atoms with van der Waals surface area (Å²) in [6, 6.07) is 0.322. The molecule has 2 rings (SSSR count). The van der Waals surface area contributed by atoms with E-state index in [2.05, 4.69) is 10.3 Å². The summed E-state index contributed by atoms with van der Waals surface area (Å²) >= 11 is 0. The second-order valence-electron chi connectivity index (χ2n) is 4.81. The van der Waals surface area contributed by atoms with Crippen LogP contribution in [0.3, 0.4) is 0 Å². The molecular weight excluding hydrogens is 230 g/mol. The molecule has 1 atom stereocenters.